The Morgan fingerprint density at radius 3 is 2.26 bits per heavy atom. The first kappa shape index (κ1) is 19.2. The van der Waals surface area contributed by atoms with Gasteiger partial charge in [0.15, 0.2) is 0 Å². The van der Waals surface area contributed by atoms with Crippen molar-refractivity contribution in [3.63, 3.8) is 0 Å². The average molecular weight is 320 g/mol. The molecule has 0 fully saturated rings. The highest BCUT2D eigenvalue weighted by atomic mass is 16.5. The first-order valence-electron chi connectivity index (χ1n) is 8.51. The molecule has 0 spiro atoms. The third kappa shape index (κ3) is 7.31. The summed E-state index contributed by atoms with van der Waals surface area (Å²) in [5.41, 5.74) is 0.980. The van der Waals surface area contributed by atoms with Crippen LogP contribution in [0.5, 0.6) is 0 Å². The third-order valence-electron chi connectivity index (χ3n) is 4.14. The van der Waals surface area contributed by atoms with Gasteiger partial charge in [-0.15, -0.1) is 0 Å². The van der Waals surface area contributed by atoms with Gasteiger partial charge in [-0.3, -0.25) is 9.59 Å². The molecule has 4 heteroatoms. The number of hydrogen-bond donors (Lipinski definition) is 1. The molecule has 1 rings (SSSR count). The fraction of sp³-hybridized carbons (Fsp3) is 0.579. The van der Waals surface area contributed by atoms with Gasteiger partial charge in [-0.25, -0.2) is 0 Å². The molecule has 128 valence electrons. The molecule has 0 aliphatic rings. The van der Waals surface area contributed by atoms with E-state index in [-0.39, 0.29) is 17.8 Å². The summed E-state index contributed by atoms with van der Waals surface area (Å²) in [4.78, 5) is 23.3. The van der Waals surface area contributed by atoms with Gasteiger partial charge in [0.2, 0.25) is 0 Å². The van der Waals surface area contributed by atoms with Crippen molar-refractivity contribution >= 4 is 11.9 Å². The summed E-state index contributed by atoms with van der Waals surface area (Å²) in [6, 6.07) is 9.63. The zero-order chi connectivity index (χ0) is 17.1. The van der Waals surface area contributed by atoms with Crippen molar-refractivity contribution in [1.82, 2.24) is 0 Å². The number of hydrogen-bond acceptors (Lipinski definition) is 3. The van der Waals surface area contributed by atoms with Crippen LogP contribution in [0.3, 0.4) is 0 Å². The minimum atomic E-state index is -0.744. The lowest BCUT2D eigenvalue weighted by Crippen LogP contribution is -2.19. The van der Waals surface area contributed by atoms with Crippen molar-refractivity contribution in [3.05, 3.63) is 35.9 Å². The summed E-state index contributed by atoms with van der Waals surface area (Å²) in [6.07, 6.45) is 4.41. The maximum absolute atomic E-state index is 12.2. The Bertz CT molecular complexity index is 470. The molecule has 0 bridgehead atoms. The third-order valence-corrected chi connectivity index (χ3v) is 4.14. The quantitative estimate of drug-likeness (QED) is 0.613. The van der Waals surface area contributed by atoms with Gasteiger partial charge in [0.1, 0.15) is 6.61 Å². The molecule has 0 aliphatic carbocycles. The highest BCUT2D eigenvalue weighted by Crippen LogP contribution is 2.21. The van der Waals surface area contributed by atoms with Gasteiger partial charge in [0, 0.05) is 0 Å². The highest BCUT2D eigenvalue weighted by molar-refractivity contribution is 5.72. The maximum Gasteiger partial charge on any atom is 0.309 e. The van der Waals surface area contributed by atoms with Crippen LogP contribution in [0.25, 0.3) is 0 Å². The highest BCUT2D eigenvalue weighted by Gasteiger charge is 2.21. The summed E-state index contributed by atoms with van der Waals surface area (Å²) < 4.78 is 5.42. The molecule has 1 aromatic rings. The number of carboxylic acids is 1. The van der Waals surface area contributed by atoms with Gasteiger partial charge in [-0.05, 0) is 31.2 Å². The van der Waals surface area contributed by atoms with Crippen molar-refractivity contribution in [2.75, 3.05) is 0 Å². The van der Waals surface area contributed by atoms with Crippen molar-refractivity contribution in [3.8, 4) is 0 Å². The van der Waals surface area contributed by atoms with Crippen LogP contribution < -0.4 is 0 Å². The van der Waals surface area contributed by atoms with E-state index in [4.69, 9.17) is 9.84 Å². The Balaban J connectivity index is 2.43. The topological polar surface area (TPSA) is 63.6 Å². The van der Waals surface area contributed by atoms with E-state index in [9.17, 15) is 9.59 Å². The second kappa shape index (κ2) is 10.8. The van der Waals surface area contributed by atoms with Crippen LogP contribution in [0.15, 0.2) is 30.3 Å². The smallest absolute Gasteiger partial charge is 0.309 e. The van der Waals surface area contributed by atoms with E-state index in [0.717, 1.165) is 24.8 Å². The Morgan fingerprint density at radius 2 is 1.70 bits per heavy atom. The van der Waals surface area contributed by atoms with E-state index in [2.05, 4.69) is 0 Å². The number of ether oxygens (including phenoxy) is 1. The summed E-state index contributed by atoms with van der Waals surface area (Å²) >= 11 is 0. The number of benzene rings is 1. The van der Waals surface area contributed by atoms with E-state index in [1.54, 1.807) is 0 Å². The van der Waals surface area contributed by atoms with E-state index < -0.39 is 5.97 Å². The lowest BCUT2D eigenvalue weighted by molar-refractivity contribution is -0.150. The molecular formula is C19H28O4. The summed E-state index contributed by atoms with van der Waals surface area (Å²) in [6.45, 7) is 4.23. The molecule has 0 saturated carbocycles. The number of carboxylic acid groups (broad SMARTS) is 1. The monoisotopic (exact) mass is 320 g/mol. The molecule has 1 aromatic carbocycles. The van der Waals surface area contributed by atoms with Crippen LogP contribution >= 0.6 is 0 Å². The van der Waals surface area contributed by atoms with Crippen LogP contribution in [0.4, 0.5) is 0 Å². The first-order valence-corrected chi connectivity index (χ1v) is 8.51. The van der Waals surface area contributed by atoms with Gasteiger partial charge in [-0.2, -0.15) is 0 Å². The number of rotatable bonds is 11. The molecule has 23 heavy (non-hydrogen) atoms. The molecule has 0 aliphatic heterocycles. The SMILES string of the molecule is CCCC(CCCC(CC)C(=O)O)C(=O)OCc1ccccc1. The molecule has 2 unspecified atom stereocenters. The van der Waals surface area contributed by atoms with Gasteiger partial charge in [-0.1, -0.05) is 57.0 Å². The second-order valence-electron chi connectivity index (χ2n) is 5.95. The van der Waals surface area contributed by atoms with E-state index in [0.29, 0.717) is 25.9 Å². The summed E-state index contributed by atoms with van der Waals surface area (Å²) in [5.74, 6) is -1.35. The number of carbonyl (C=O) groups is 2. The van der Waals surface area contributed by atoms with E-state index >= 15 is 0 Å². The van der Waals surface area contributed by atoms with Gasteiger partial charge in [0.25, 0.3) is 0 Å². The molecular weight excluding hydrogens is 292 g/mol. The largest absolute Gasteiger partial charge is 0.481 e. The molecule has 0 saturated heterocycles. The lowest BCUT2D eigenvalue weighted by Gasteiger charge is -2.16. The van der Waals surface area contributed by atoms with Crippen LogP contribution in [-0.4, -0.2) is 17.0 Å². The fourth-order valence-corrected chi connectivity index (χ4v) is 2.69. The predicted octanol–water partition coefficient (Wildman–Crippen LogP) is 4.43. The molecule has 4 nitrogen and oxygen atoms in total. The molecule has 0 heterocycles. The average Bonchev–Trinajstić information content (AvgIpc) is 2.56. The van der Waals surface area contributed by atoms with Crippen molar-refractivity contribution < 1.29 is 19.4 Å². The molecule has 0 radical (unpaired) electrons. The number of carbonyl (C=O) groups excluding carboxylic acids is 1. The van der Waals surface area contributed by atoms with E-state index in [1.807, 2.05) is 44.2 Å². The van der Waals surface area contributed by atoms with Crippen LogP contribution in [-0.2, 0) is 20.9 Å². The van der Waals surface area contributed by atoms with Gasteiger partial charge < -0.3 is 9.84 Å². The summed E-state index contributed by atoms with van der Waals surface area (Å²) in [5, 5.41) is 9.07. The molecule has 0 amide bonds. The summed E-state index contributed by atoms with van der Waals surface area (Å²) in [7, 11) is 0. The normalized spacial score (nSPS) is 13.3. The molecule has 2 atom stereocenters. The van der Waals surface area contributed by atoms with Crippen molar-refractivity contribution in [1.29, 1.82) is 0 Å². The second-order valence-corrected chi connectivity index (χ2v) is 5.95. The zero-order valence-electron chi connectivity index (χ0n) is 14.2. The lowest BCUT2D eigenvalue weighted by atomic mass is 9.92. The Kier molecular flexibility index (Phi) is 9.03. The zero-order valence-corrected chi connectivity index (χ0v) is 14.2. The first-order chi connectivity index (χ1) is 11.1. The van der Waals surface area contributed by atoms with Gasteiger partial charge in [0.05, 0.1) is 11.8 Å². The minimum Gasteiger partial charge on any atom is -0.481 e. The van der Waals surface area contributed by atoms with Gasteiger partial charge >= 0.3 is 11.9 Å². The molecule has 0 aromatic heterocycles. The standard InChI is InChI=1S/C19H28O4/c1-3-9-17(13-8-12-16(4-2)18(20)21)19(22)23-14-15-10-6-5-7-11-15/h5-7,10-11,16-17H,3-4,8-9,12-14H2,1-2H3,(H,20,21). The minimum absolute atomic E-state index is 0.130. The van der Waals surface area contributed by atoms with Crippen molar-refractivity contribution in [2.24, 2.45) is 11.8 Å². The van der Waals surface area contributed by atoms with Crippen LogP contribution in [0, 0.1) is 11.8 Å². The fourth-order valence-electron chi connectivity index (χ4n) is 2.69. The Hall–Kier alpha value is -1.84. The number of esters is 1. The van der Waals surface area contributed by atoms with Crippen LogP contribution in [0.2, 0.25) is 0 Å². The molecule has 1 N–H and O–H groups in total. The predicted molar refractivity (Wildman–Crippen MR) is 89.9 cm³/mol. The number of aliphatic carboxylic acids is 1. The van der Waals surface area contributed by atoms with Crippen LogP contribution in [0.1, 0.15) is 57.9 Å². The Labute approximate surface area is 138 Å². The van der Waals surface area contributed by atoms with Crippen molar-refractivity contribution in [2.45, 2.75) is 59.0 Å². The maximum atomic E-state index is 12.2. The van der Waals surface area contributed by atoms with E-state index in [1.165, 1.54) is 0 Å². The Morgan fingerprint density at radius 1 is 1.04 bits per heavy atom.